The minimum Gasteiger partial charge on any atom is -0.393 e. The van der Waals surface area contributed by atoms with Crippen molar-refractivity contribution in [2.75, 3.05) is 0 Å². The van der Waals surface area contributed by atoms with Crippen molar-refractivity contribution in [1.29, 1.82) is 0 Å². The molecule has 1 N–H and O–H groups in total. The quantitative estimate of drug-likeness (QED) is 0.729. The largest absolute Gasteiger partial charge is 0.393 e. The summed E-state index contributed by atoms with van der Waals surface area (Å²) in [4.78, 5) is 0.513. The fraction of sp³-hybridized carbons (Fsp3) is 1.00. The highest BCUT2D eigenvalue weighted by Gasteiger charge is 2.21. The Balaban J connectivity index is 3.61. The maximum Gasteiger partial charge on any atom is 0.0588 e. The zero-order chi connectivity index (χ0) is 9.07. The Morgan fingerprint density at radius 1 is 1.27 bits per heavy atom. The first-order valence-corrected chi connectivity index (χ1v) is 5.07. The molecular formula is C9H19BrO. The minimum absolute atomic E-state index is 0.0297. The van der Waals surface area contributed by atoms with Gasteiger partial charge in [-0.25, -0.2) is 0 Å². The summed E-state index contributed by atoms with van der Waals surface area (Å²) in [5.74, 6) is 0. The fourth-order valence-electron chi connectivity index (χ4n) is 0.821. The van der Waals surface area contributed by atoms with Crippen LogP contribution in [0, 0.1) is 5.41 Å². The molecule has 2 unspecified atom stereocenters. The third-order valence-electron chi connectivity index (χ3n) is 1.84. The summed E-state index contributed by atoms with van der Waals surface area (Å²) < 4.78 is 0. The SMILES string of the molecule is CC(Br)CCC(O)C(C)(C)C. The van der Waals surface area contributed by atoms with Crippen LogP contribution in [0.3, 0.4) is 0 Å². The molecule has 0 aliphatic rings. The molecule has 0 saturated heterocycles. The Kier molecular flexibility index (Phi) is 4.64. The smallest absolute Gasteiger partial charge is 0.0588 e. The van der Waals surface area contributed by atoms with Gasteiger partial charge in [-0.15, -0.1) is 0 Å². The van der Waals surface area contributed by atoms with Crippen LogP contribution in [-0.4, -0.2) is 16.0 Å². The Morgan fingerprint density at radius 2 is 1.73 bits per heavy atom. The molecule has 0 radical (unpaired) electrons. The zero-order valence-corrected chi connectivity index (χ0v) is 9.48. The van der Waals surface area contributed by atoms with Crippen LogP contribution < -0.4 is 0 Å². The van der Waals surface area contributed by atoms with Crippen LogP contribution in [0.25, 0.3) is 0 Å². The molecule has 0 aromatic carbocycles. The topological polar surface area (TPSA) is 20.2 Å². The van der Waals surface area contributed by atoms with Gasteiger partial charge in [-0.3, -0.25) is 0 Å². The highest BCUT2D eigenvalue weighted by molar-refractivity contribution is 9.09. The summed E-state index contributed by atoms with van der Waals surface area (Å²) in [6.45, 7) is 8.30. The van der Waals surface area contributed by atoms with E-state index in [1.807, 2.05) is 0 Å². The molecule has 0 aromatic rings. The lowest BCUT2D eigenvalue weighted by Gasteiger charge is -2.26. The molecule has 0 bridgehead atoms. The third-order valence-corrected chi connectivity index (χ3v) is 2.30. The highest BCUT2D eigenvalue weighted by atomic mass is 79.9. The van der Waals surface area contributed by atoms with Crippen molar-refractivity contribution in [2.45, 2.75) is 51.5 Å². The van der Waals surface area contributed by atoms with Crippen molar-refractivity contribution < 1.29 is 5.11 Å². The monoisotopic (exact) mass is 222 g/mol. The lowest BCUT2D eigenvalue weighted by molar-refractivity contribution is 0.0542. The standard InChI is InChI=1S/C9H19BrO/c1-7(10)5-6-8(11)9(2,3)4/h7-8,11H,5-6H2,1-4H3. The molecular weight excluding hydrogens is 204 g/mol. The Bertz CT molecular complexity index is 105. The lowest BCUT2D eigenvalue weighted by Crippen LogP contribution is -2.26. The molecule has 1 nitrogen and oxygen atoms in total. The second-order valence-corrected chi connectivity index (χ2v) is 5.80. The fourth-order valence-corrected chi connectivity index (χ4v) is 1.08. The molecule has 0 spiro atoms. The van der Waals surface area contributed by atoms with Crippen molar-refractivity contribution in [1.82, 2.24) is 0 Å². The van der Waals surface area contributed by atoms with Gasteiger partial charge in [0, 0.05) is 4.83 Å². The van der Waals surface area contributed by atoms with Crippen molar-refractivity contribution in [2.24, 2.45) is 5.41 Å². The molecule has 0 rings (SSSR count). The molecule has 2 heteroatoms. The van der Waals surface area contributed by atoms with E-state index in [1.165, 1.54) is 0 Å². The van der Waals surface area contributed by atoms with Crippen LogP contribution in [0.1, 0.15) is 40.5 Å². The Hall–Kier alpha value is 0.440. The van der Waals surface area contributed by atoms with Crippen LogP contribution in [-0.2, 0) is 0 Å². The van der Waals surface area contributed by atoms with Gasteiger partial charge >= 0.3 is 0 Å². The second-order valence-electron chi connectivity index (χ2n) is 4.24. The Labute approximate surface area is 78.3 Å². The van der Waals surface area contributed by atoms with E-state index in [-0.39, 0.29) is 11.5 Å². The molecule has 2 atom stereocenters. The van der Waals surface area contributed by atoms with Crippen LogP contribution >= 0.6 is 15.9 Å². The van der Waals surface area contributed by atoms with Crippen molar-refractivity contribution >= 4 is 15.9 Å². The van der Waals surface area contributed by atoms with E-state index in [9.17, 15) is 5.11 Å². The van der Waals surface area contributed by atoms with Gasteiger partial charge < -0.3 is 5.11 Å². The van der Waals surface area contributed by atoms with Crippen LogP contribution in [0.5, 0.6) is 0 Å². The summed E-state index contributed by atoms with van der Waals surface area (Å²) in [6.07, 6.45) is 1.75. The first-order chi connectivity index (χ1) is 4.84. The summed E-state index contributed by atoms with van der Waals surface area (Å²) in [7, 11) is 0. The van der Waals surface area contributed by atoms with Crippen LogP contribution in [0.4, 0.5) is 0 Å². The molecule has 0 aromatic heterocycles. The molecule has 0 aliphatic carbocycles. The van der Waals surface area contributed by atoms with E-state index in [0.717, 1.165) is 12.8 Å². The molecule has 0 fully saturated rings. The summed E-state index contributed by atoms with van der Waals surface area (Å²) in [5, 5.41) is 9.61. The third kappa shape index (κ3) is 5.68. The summed E-state index contributed by atoms with van der Waals surface area (Å²) in [5.41, 5.74) is 0.0297. The summed E-state index contributed by atoms with van der Waals surface area (Å²) >= 11 is 3.46. The Morgan fingerprint density at radius 3 is 2.00 bits per heavy atom. The number of aliphatic hydroxyl groups is 1. The van der Waals surface area contributed by atoms with Gasteiger partial charge in [0.2, 0.25) is 0 Å². The molecule has 0 amide bonds. The first-order valence-electron chi connectivity index (χ1n) is 4.16. The molecule has 0 saturated carbocycles. The number of rotatable bonds is 3. The van der Waals surface area contributed by atoms with Gasteiger partial charge in [0.05, 0.1) is 6.10 Å². The van der Waals surface area contributed by atoms with Gasteiger partial charge in [-0.1, -0.05) is 43.6 Å². The maximum atomic E-state index is 9.61. The number of halogens is 1. The van der Waals surface area contributed by atoms with Crippen molar-refractivity contribution in [3.8, 4) is 0 Å². The van der Waals surface area contributed by atoms with E-state index in [2.05, 4.69) is 43.6 Å². The summed E-state index contributed by atoms with van der Waals surface area (Å²) in [6, 6.07) is 0. The van der Waals surface area contributed by atoms with Crippen LogP contribution in [0.2, 0.25) is 0 Å². The number of alkyl halides is 1. The van der Waals surface area contributed by atoms with Crippen molar-refractivity contribution in [3.63, 3.8) is 0 Å². The predicted octanol–water partition coefficient (Wildman–Crippen LogP) is 2.96. The molecule has 0 aliphatic heterocycles. The average Bonchev–Trinajstić information content (AvgIpc) is 1.80. The van der Waals surface area contributed by atoms with E-state index < -0.39 is 0 Å². The lowest BCUT2D eigenvalue weighted by atomic mass is 9.86. The first kappa shape index (κ1) is 11.4. The van der Waals surface area contributed by atoms with E-state index in [4.69, 9.17) is 0 Å². The molecule has 11 heavy (non-hydrogen) atoms. The van der Waals surface area contributed by atoms with E-state index in [0.29, 0.717) is 4.83 Å². The second kappa shape index (κ2) is 4.46. The van der Waals surface area contributed by atoms with Gasteiger partial charge in [0.1, 0.15) is 0 Å². The average molecular weight is 223 g/mol. The number of hydrogen-bond acceptors (Lipinski definition) is 1. The van der Waals surface area contributed by atoms with Gasteiger partial charge in [0.15, 0.2) is 0 Å². The minimum atomic E-state index is -0.178. The normalized spacial score (nSPS) is 18.0. The predicted molar refractivity (Wildman–Crippen MR) is 53.1 cm³/mol. The van der Waals surface area contributed by atoms with E-state index >= 15 is 0 Å². The van der Waals surface area contributed by atoms with Crippen molar-refractivity contribution in [3.05, 3.63) is 0 Å². The van der Waals surface area contributed by atoms with Gasteiger partial charge in [-0.05, 0) is 18.3 Å². The molecule has 68 valence electrons. The van der Waals surface area contributed by atoms with Gasteiger partial charge in [-0.2, -0.15) is 0 Å². The number of hydrogen-bond donors (Lipinski definition) is 1. The number of aliphatic hydroxyl groups excluding tert-OH is 1. The maximum absolute atomic E-state index is 9.61. The zero-order valence-electron chi connectivity index (χ0n) is 7.89. The highest BCUT2D eigenvalue weighted by Crippen LogP contribution is 2.23. The van der Waals surface area contributed by atoms with Crippen LogP contribution in [0.15, 0.2) is 0 Å². The molecule has 0 heterocycles. The van der Waals surface area contributed by atoms with Gasteiger partial charge in [0.25, 0.3) is 0 Å². The van der Waals surface area contributed by atoms with E-state index in [1.54, 1.807) is 0 Å².